The van der Waals surface area contributed by atoms with Crippen molar-refractivity contribution in [3.63, 3.8) is 0 Å². The first-order valence-electron chi connectivity index (χ1n) is 15.2. The predicted molar refractivity (Wildman–Crippen MR) is 183 cm³/mol. The number of aromatic nitrogens is 2. The molecule has 0 amide bonds. The number of anilines is 1. The van der Waals surface area contributed by atoms with E-state index in [1.54, 1.807) is 36.5 Å². The summed E-state index contributed by atoms with van der Waals surface area (Å²) < 4.78 is 13.5. The van der Waals surface area contributed by atoms with Crippen LogP contribution in [0.4, 0.5) is 5.69 Å². The number of aromatic carboxylic acids is 1. The number of fused-ring (bicyclic) bond motifs is 1. The van der Waals surface area contributed by atoms with Gasteiger partial charge in [-0.15, -0.1) is 0 Å². The Morgan fingerprint density at radius 3 is 2.41 bits per heavy atom. The number of benzene rings is 4. The molecule has 9 nitrogen and oxygen atoms in total. The highest BCUT2D eigenvalue weighted by atomic mass is 16.5. The van der Waals surface area contributed by atoms with E-state index < -0.39 is 5.97 Å². The second-order valence-electron chi connectivity index (χ2n) is 11.5. The zero-order valence-electron chi connectivity index (χ0n) is 26.9. The third kappa shape index (κ3) is 6.78. The highest BCUT2D eigenvalue weighted by Crippen LogP contribution is 2.34. The van der Waals surface area contributed by atoms with Crippen LogP contribution in [0.2, 0.25) is 0 Å². The van der Waals surface area contributed by atoms with Crippen LogP contribution in [0.3, 0.4) is 0 Å². The van der Waals surface area contributed by atoms with Crippen LogP contribution in [0.1, 0.15) is 59.3 Å². The molecule has 0 fully saturated rings. The van der Waals surface area contributed by atoms with Gasteiger partial charge in [-0.25, -0.2) is 9.78 Å². The van der Waals surface area contributed by atoms with E-state index in [2.05, 4.69) is 13.8 Å². The molecular weight excluding hydrogens is 580 g/mol. The summed E-state index contributed by atoms with van der Waals surface area (Å²) in [7, 11) is 3.88. The van der Waals surface area contributed by atoms with Crippen molar-refractivity contribution in [3.05, 3.63) is 117 Å². The van der Waals surface area contributed by atoms with Crippen LogP contribution in [-0.2, 0) is 6.61 Å². The lowest BCUT2D eigenvalue weighted by molar-refractivity contribution is 0.0697. The molecule has 0 saturated heterocycles. The second-order valence-corrected chi connectivity index (χ2v) is 11.5. The number of hydrogen-bond donors (Lipinski definition) is 1. The standard InChI is InChI=1S/C37H38N4O5/c1-7-45-34-18-24(4)31(20-30(34)23(2)3)35-39-32-11-9-8-10-29(32)36(42)41(35)38-21-27-16-17-28(40(5)6)19-33(27)46-22-25-12-14-26(15-13-25)37(43)44/h8-21,23H,7,22H2,1-6H3,(H,43,44). The molecule has 1 aromatic heterocycles. The van der Waals surface area contributed by atoms with E-state index in [9.17, 15) is 14.7 Å². The van der Waals surface area contributed by atoms with Gasteiger partial charge < -0.3 is 19.5 Å². The largest absolute Gasteiger partial charge is 0.494 e. The lowest BCUT2D eigenvalue weighted by atomic mass is 9.96. The summed E-state index contributed by atoms with van der Waals surface area (Å²) >= 11 is 0. The van der Waals surface area contributed by atoms with E-state index in [1.165, 1.54) is 4.68 Å². The summed E-state index contributed by atoms with van der Waals surface area (Å²) in [6.07, 6.45) is 1.61. The molecule has 1 heterocycles. The fraction of sp³-hybridized carbons (Fsp3) is 0.243. The van der Waals surface area contributed by atoms with Gasteiger partial charge in [-0.3, -0.25) is 4.79 Å². The molecule has 5 aromatic rings. The third-order valence-corrected chi connectivity index (χ3v) is 7.69. The molecule has 9 heteroatoms. The minimum atomic E-state index is -0.983. The number of aryl methyl sites for hydroxylation is 1. The number of carboxylic acids is 1. The normalized spacial score (nSPS) is 11.4. The molecule has 0 bridgehead atoms. The van der Waals surface area contributed by atoms with Gasteiger partial charge in [0.15, 0.2) is 5.82 Å². The summed E-state index contributed by atoms with van der Waals surface area (Å²) in [6.45, 7) is 8.91. The zero-order valence-corrected chi connectivity index (χ0v) is 26.9. The first-order valence-corrected chi connectivity index (χ1v) is 15.2. The average Bonchev–Trinajstić information content (AvgIpc) is 3.03. The first-order chi connectivity index (χ1) is 22.1. The van der Waals surface area contributed by atoms with Crippen LogP contribution in [-0.4, -0.2) is 47.7 Å². The Morgan fingerprint density at radius 1 is 1.00 bits per heavy atom. The van der Waals surface area contributed by atoms with Crippen molar-refractivity contribution in [1.29, 1.82) is 0 Å². The van der Waals surface area contributed by atoms with Crippen molar-refractivity contribution in [2.24, 2.45) is 5.10 Å². The molecule has 46 heavy (non-hydrogen) atoms. The minimum Gasteiger partial charge on any atom is -0.494 e. The molecule has 0 radical (unpaired) electrons. The Balaban J connectivity index is 1.61. The van der Waals surface area contributed by atoms with Crippen molar-refractivity contribution in [1.82, 2.24) is 9.66 Å². The van der Waals surface area contributed by atoms with Crippen LogP contribution in [0.15, 0.2) is 88.8 Å². The zero-order chi connectivity index (χ0) is 33.0. The Hall–Kier alpha value is -5.44. The Kier molecular flexibility index (Phi) is 9.51. The van der Waals surface area contributed by atoms with Crippen LogP contribution in [0, 0.1) is 6.92 Å². The van der Waals surface area contributed by atoms with E-state index in [0.717, 1.165) is 33.7 Å². The monoisotopic (exact) mass is 618 g/mol. The fourth-order valence-electron chi connectivity index (χ4n) is 5.13. The lowest BCUT2D eigenvalue weighted by Crippen LogP contribution is -2.21. The quantitative estimate of drug-likeness (QED) is 0.157. The van der Waals surface area contributed by atoms with Crippen LogP contribution < -0.4 is 19.9 Å². The van der Waals surface area contributed by atoms with Gasteiger partial charge in [0.1, 0.15) is 18.1 Å². The third-order valence-electron chi connectivity index (χ3n) is 7.69. The molecular formula is C37H38N4O5. The number of carbonyl (C=O) groups is 1. The van der Waals surface area contributed by atoms with E-state index in [-0.39, 0.29) is 23.6 Å². The van der Waals surface area contributed by atoms with E-state index >= 15 is 0 Å². The summed E-state index contributed by atoms with van der Waals surface area (Å²) in [6, 6.07) is 23.6. The minimum absolute atomic E-state index is 0.181. The molecule has 0 aliphatic carbocycles. The van der Waals surface area contributed by atoms with Gasteiger partial charge in [-0.1, -0.05) is 38.1 Å². The van der Waals surface area contributed by atoms with Crippen molar-refractivity contribution in [2.45, 2.75) is 40.2 Å². The predicted octanol–water partition coefficient (Wildman–Crippen LogP) is 7.12. The molecule has 0 aliphatic heterocycles. The number of para-hydroxylation sites is 1. The average molecular weight is 619 g/mol. The molecule has 4 aromatic carbocycles. The van der Waals surface area contributed by atoms with Gasteiger partial charge >= 0.3 is 5.97 Å². The van der Waals surface area contributed by atoms with Crippen molar-refractivity contribution in [2.75, 3.05) is 25.6 Å². The Bertz CT molecular complexity index is 1980. The number of nitrogens with zero attached hydrogens (tertiary/aromatic N) is 4. The van der Waals surface area contributed by atoms with E-state index in [4.69, 9.17) is 19.6 Å². The lowest BCUT2D eigenvalue weighted by Gasteiger charge is -2.18. The summed E-state index contributed by atoms with van der Waals surface area (Å²) in [5.41, 5.74) is 5.61. The highest BCUT2D eigenvalue weighted by Gasteiger charge is 2.19. The van der Waals surface area contributed by atoms with Crippen molar-refractivity contribution in [3.8, 4) is 22.9 Å². The SMILES string of the molecule is CCOc1cc(C)c(-c2nc3ccccc3c(=O)n2N=Cc2ccc(N(C)C)cc2OCc2ccc(C(=O)O)cc2)cc1C(C)C. The molecule has 0 atom stereocenters. The summed E-state index contributed by atoms with van der Waals surface area (Å²) in [5, 5.41) is 14.4. The molecule has 0 aliphatic rings. The Labute approximate surface area is 268 Å². The topological polar surface area (TPSA) is 106 Å². The molecule has 0 unspecified atom stereocenters. The maximum absolute atomic E-state index is 14.0. The molecule has 0 spiro atoms. The van der Waals surface area contributed by atoms with Gasteiger partial charge in [0.25, 0.3) is 5.56 Å². The van der Waals surface area contributed by atoms with Crippen LogP contribution in [0.25, 0.3) is 22.3 Å². The Morgan fingerprint density at radius 2 is 1.74 bits per heavy atom. The van der Waals surface area contributed by atoms with Gasteiger partial charge in [0.2, 0.25) is 0 Å². The molecule has 1 N–H and O–H groups in total. The number of rotatable bonds is 11. The first kappa shape index (κ1) is 32.0. The maximum Gasteiger partial charge on any atom is 0.335 e. The van der Waals surface area contributed by atoms with Crippen molar-refractivity contribution < 1.29 is 19.4 Å². The maximum atomic E-state index is 14.0. The van der Waals surface area contributed by atoms with Crippen molar-refractivity contribution >= 4 is 28.8 Å². The fourth-order valence-corrected chi connectivity index (χ4v) is 5.13. The summed E-state index contributed by atoms with van der Waals surface area (Å²) in [4.78, 5) is 32.1. The second kappa shape index (κ2) is 13.7. The van der Waals surface area contributed by atoms with Crippen LogP contribution in [0.5, 0.6) is 11.5 Å². The van der Waals surface area contributed by atoms with Gasteiger partial charge in [-0.05, 0) is 85.0 Å². The molecule has 236 valence electrons. The van der Waals surface area contributed by atoms with Crippen LogP contribution >= 0.6 is 0 Å². The number of carboxylic acid groups (broad SMARTS) is 1. The molecule has 5 rings (SSSR count). The van der Waals surface area contributed by atoms with Gasteiger partial charge in [0.05, 0.1) is 29.3 Å². The van der Waals surface area contributed by atoms with E-state index in [0.29, 0.717) is 34.6 Å². The smallest absolute Gasteiger partial charge is 0.335 e. The van der Waals surface area contributed by atoms with Gasteiger partial charge in [-0.2, -0.15) is 9.78 Å². The summed E-state index contributed by atoms with van der Waals surface area (Å²) in [5.74, 6) is 0.995. The van der Waals surface area contributed by atoms with Gasteiger partial charge in [0, 0.05) is 37.0 Å². The highest BCUT2D eigenvalue weighted by molar-refractivity contribution is 5.87. The number of ether oxygens (including phenoxy) is 2. The number of hydrogen-bond acceptors (Lipinski definition) is 7. The molecule has 0 saturated carbocycles. The van der Waals surface area contributed by atoms with E-state index in [1.807, 2.05) is 81.4 Å².